The summed E-state index contributed by atoms with van der Waals surface area (Å²) >= 11 is 0. The van der Waals surface area contributed by atoms with Gasteiger partial charge in [-0.25, -0.2) is 0 Å². The molecule has 2 amide bonds. The standard InChI is InChI=1S/C23H31N3O3/c1-16-13-26(14-17(2)29-16)23(3,4)15-25-21(27)12-24-22(28)20-10-9-18-7-5-6-8-19(18)11-20/h5-11,16-17H,12-15H2,1-4H3,(H,24,28)(H,25,27)/t16-,17-/m1/s1. The van der Waals surface area contributed by atoms with Gasteiger partial charge in [0, 0.05) is 30.7 Å². The van der Waals surface area contributed by atoms with Gasteiger partial charge in [0.25, 0.3) is 5.91 Å². The van der Waals surface area contributed by atoms with Crippen molar-refractivity contribution in [2.45, 2.75) is 45.4 Å². The SMILES string of the molecule is C[C@@H]1CN(C(C)(C)CNC(=O)CNC(=O)c2ccc3ccccc3c2)C[C@@H](C)O1. The van der Waals surface area contributed by atoms with Gasteiger partial charge in [0.1, 0.15) is 0 Å². The molecule has 1 fully saturated rings. The summed E-state index contributed by atoms with van der Waals surface area (Å²) in [5, 5.41) is 7.74. The summed E-state index contributed by atoms with van der Waals surface area (Å²) in [5.41, 5.74) is 0.359. The van der Waals surface area contributed by atoms with Crippen LogP contribution in [0.2, 0.25) is 0 Å². The molecule has 2 N–H and O–H groups in total. The van der Waals surface area contributed by atoms with Gasteiger partial charge in [0.15, 0.2) is 0 Å². The van der Waals surface area contributed by atoms with Gasteiger partial charge in [-0.3, -0.25) is 14.5 Å². The number of nitrogens with zero attached hydrogens (tertiary/aromatic N) is 1. The zero-order valence-corrected chi connectivity index (χ0v) is 17.7. The fraction of sp³-hybridized carbons (Fsp3) is 0.478. The van der Waals surface area contributed by atoms with E-state index in [0.717, 1.165) is 23.9 Å². The number of nitrogens with one attached hydrogen (secondary N) is 2. The second-order valence-corrected chi connectivity index (χ2v) is 8.50. The van der Waals surface area contributed by atoms with Crippen LogP contribution in [0.4, 0.5) is 0 Å². The summed E-state index contributed by atoms with van der Waals surface area (Å²) in [4.78, 5) is 27.0. The minimum atomic E-state index is -0.249. The Morgan fingerprint density at radius 1 is 1.03 bits per heavy atom. The number of fused-ring (bicyclic) bond motifs is 1. The van der Waals surface area contributed by atoms with Gasteiger partial charge in [-0.1, -0.05) is 30.3 Å². The van der Waals surface area contributed by atoms with E-state index in [0.29, 0.717) is 12.1 Å². The van der Waals surface area contributed by atoms with E-state index < -0.39 is 0 Å². The van der Waals surface area contributed by atoms with Crippen molar-refractivity contribution in [3.8, 4) is 0 Å². The van der Waals surface area contributed by atoms with Crippen molar-refractivity contribution >= 4 is 22.6 Å². The Balaban J connectivity index is 1.49. The molecule has 2 atom stereocenters. The average Bonchev–Trinajstić information content (AvgIpc) is 2.69. The molecule has 0 bridgehead atoms. The third-order valence-electron chi connectivity index (χ3n) is 5.41. The second kappa shape index (κ2) is 8.93. The van der Waals surface area contributed by atoms with Crippen molar-refractivity contribution in [1.29, 1.82) is 0 Å². The highest BCUT2D eigenvalue weighted by molar-refractivity contribution is 5.99. The number of amides is 2. The molecule has 29 heavy (non-hydrogen) atoms. The Bertz CT molecular complexity index is 871. The third-order valence-corrected chi connectivity index (χ3v) is 5.41. The minimum Gasteiger partial charge on any atom is -0.373 e. The molecule has 3 rings (SSSR count). The number of hydrogen-bond acceptors (Lipinski definition) is 4. The molecule has 1 aliphatic rings. The normalized spacial score (nSPS) is 20.4. The highest BCUT2D eigenvalue weighted by atomic mass is 16.5. The maximum Gasteiger partial charge on any atom is 0.251 e. The van der Waals surface area contributed by atoms with E-state index in [1.165, 1.54) is 0 Å². The second-order valence-electron chi connectivity index (χ2n) is 8.50. The Hall–Kier alpha value is -2.44. The molecule has 1 heterocycles. The van der Waals surface area contributed by atoms with Gasteiger partial charge in [-0.15, -0.1) is 0 Å². The highest BCUT2D eigenvalue weighted by Gasteiger charge is 2.33. The zero-order valence-electron chi connectivity index (χ0n) is 17.7. The first-order valence-corrected chi connectivity index (χ1v) is 10.2. The fourth-order valence-electron chi connectivity index (χ4n) is 3.75. The quantitative estimate of drug-likeness (QED) is 0.786. The van der Waals surface area contributed by atoms with Gasteiger partial charge in [0.05, 0.1) is 18.8 Å². The maximum absolute atomic E-state index is 12.4. The average molecular weight is 398 g/mol. The Morgan fingerprint density at radius 3 is 2.38 bits per heavy atom. The molecule has 0 saturated carbocycles. The van der Waals surface area contributed by atoms with Crippen LogP contribution in [0.3, 0.4) is 0 Å². The monoisotopic (exact) mass is 397 g/mol. The van der Waals surface area contributed by atoms with E-state index in [2.05, 4.69) is 43.2 Å². The van der Waals surface area contributed by atoms with Crippen LogP contribution in [0.1, 0.15) is 38.1 Å². The molecule has 6 heteroatoms. The molecule has 0 unspecified atom stereocenters. The predicted octanol–water partition coefficient (Wildman–Crippen LogP) is 2.57. The summed E-state index contributed by atoms with van der Waals surface area (Å²) in [7, 11) is 0. The molecular weight excluding hydrogens is 366 g/mol. The maximum atomic E-state index is 12.4. The zero-order chi connectivity index (χ0) is 21.0. The molecule has 0 aromatic heterocycles. The van der Waals surface area contributed by atoms with Gasteiger partial charge in [-0.2, -0.15) is 0 Å². The van der Waals surface area contributed by atoms with Crippen molar-refractivity contribution in [2.24, 2.45) is 0 Å². The van der Waals surface area contributed by atoms with E-state index in [4.69, 9.17) is 4.74 Å². The summed E-state index contributed by atoms with van der Waals surface area (Å²) in [6.07, 6.45) is 0.352. The minimum absolute atomic E-state index is 0.0440. The first kappa shape index (κ1) is 21.3. The first-order valence-electron chi connectivity index (χ1n) is 10.2. The molecule has 1 saturated heterocycles. The van der Waals surface area contributed by atoms with E-state index in [1.54, 1.807) is 6.07 Å². The molecule has 0 radical (unpaired) electrons. The number of benzene rings is 2. The predicted molar refractivity (Wildman–Crippen MR) is 115 cm³/mol. The highest BCUT2D eigenvalue weighted by Crippen LogP contribution is 2.20. The molecular formula is C23H31N3O3. The Morgan fingerprint density at radius 2 is 1.69 bits per heavy atom. The van der Waals surface area contributed by atoms with Crippen LogP contribution in [0.15, 0.2) is 42.5 Å². The number of rotatable bonds is 6. The smallest absolute Gasteiger partial charge is 0.251 e. The van der Waals surface area contributed by atoms with Gasteiger partial charge >= 0.3 is 0 Å². The largest absolute Gasteiger partial charge is 0.373 e. The van der Waals surface area contributed by atoms with Crippen LogP contribution >= 0.6 is 0 Å². The third kappa shape index (κ3) is 5.55. The lowest BCUT2D eigenvalue weighted by Gasteiger charge is -2.45. The van der Waals surface area contributed by atoms with E-state index in [-0.39, 0.29) is 36.1 Å². The molecule has 1 aliphatic heterocycles. The van der Waals surface area contributed by atoms with Crippen LogP contribution < -0.4 is 10.6 Å². The van der Waals surface area contributed by atoms with Crippen LogP contribution in [-0.2, 0) is 9.53 Å². The van der Waals surface area contributed by atoms with E-state index >= 15 is 0 Å². The molecule has 0 spiro atoms. The van der Waals surface area contributed by atoms with Crippen molar-refractivity contribution in [2.75, 3.05) is 26.2 Å². The Labute approximate surface area is 172 Å². The Kier molecular flexibility index (Phi) is 6.55. The summed E-state index contributed by atoms with van der Waals surface area (Å²) < 4.78 is 5.79. The lowest BCUT2D eigenvalue weighted by atomic mass is 10.00. The van der Waals surface area contributed by atoms with Gasteiger partial charge < -0.3 is 15.4 Å². The van der Waals surface area contributed by atoms with Crippen LogP contribution in [0.25, 0.3) is 10.8 Å². The number of carbonyl (C=O) groups excluding carboxylic acids is 2. The molecule has 2 aromatic rings. The van der Waals surface area contributed by atoms with E-state index in [1.807, 2.05) is 36.4 Å². The fourth-order valence-corrected chi connectivity index (χ4v) is 3.75. The van der Waals surface area contributed by atoms with Gasteiger partial charge in [0.2, 0.25) is 5.91 Å². The van der Waals surface area contributed by atoms with Gasteiger partial charge in [-0.05, 0) is 50.6 Å². The van der Waals surface area contributed by atoms with Crippen LogP contribution in [0, 0.1) is 0 Å². The number of carbonyl (C=O) groups is 2. The van der Waals surface area contributed by atoms with Crippen LogP contribution in [-0.4, -0.2) is 60.6 Å². The molecule has 6 nitrogen and oxygen atoms in total. The van der Waals surface area contributed by atoms with Crippen molar-refractivity contribution < 1.29 is 14.3 Å². The summed E-state index contributed by atoms with van der Waals surface area (Å²) in [5.74, 6) is -0.442. The number of morpholine rings is 1. The summed E-state index contributed by atoms with van der Waals surface area (Å²) in [6.45, 7) is 10.5. The van der Waals surface area contributed by atoms with Crippen LogP contribution in [0.5, 0.6) is 0 Å². The topological polar surface area (TPSA) is 70.7 Å². The summed E-state index contributed by atoms with van der Waals surface area (Å²) in [6, 6.07) is 13.4. The van der Waals surface area contributed by atoms with Crippen molar-refractivity contribution in [3.63, 3.8) is 0 Å². The molecule has 0 aliphatic carbocycles. The van der Waals surface area contributed by atoms with Crippen molar-refractivity contribution in [1.82, 2.24) is 15.5 Å². The molecule has 156 valence electrons. The first-order chi connectivity index (χ1) is 13.7. The number of ether oxygens (including phenoxy) is 1. The number of hydrogen-bond donors (Lipinski definition) is 2. The lowest BCUT2D eigenvalue weighted by molar-refractivity contribution is -0.122. The lowest BCUT2D eigenvalue weighted by Crippen LogP contribution is -2.59. The van der Waals surface area contributed by atoms with E-state index in [9.17, 15) is 9.59 Å². The molecule has 2 aromatic carbocycles. The van der Waals surface area contributed by atoms with Crippen molar-refractivity contribution in [3.05, 3.63) is 48.0 Å².